The van der Waals surface area contributed by atoms with E-state index in [1.807, 2.05) is 18.3 Å². The molecule has 1 unspecified atom stereocenters. The van der Waals surface area contributed by atoms with Crippen molar-refractivity contribution in [3.05, 3.63) is 53.8 Å². The first kappa shape index (κ1) is 14.3. The summed E-state index contributed by atoms with van der Waals surface area (Å²) >= 11 is 0. The van der Waals surface area contributed by atoms with Gasteiger partial charge in [0.15, 0.2) is 5.82 Å². The number of likely N-dealkylation sites (N-methyl/N-ethyl adjacent to an activating group) is 1. The number of rotatable bonds is 3. The number of hydrogen-bond acceptors (Lipinski definition) is 6. The third-order valence-electron chi connectivity index (χ3n) is 4.35. The van der Waals surface area contributed by atoms with Gasteiger partial charge in [-0.05, 0) is 18.7 Å². The molecule has 2 aromatic heterocycles. The highest BCUT2D eigenvalue weighted by Crippen LogP contribution is 2.21. The van der Waals surface area contributed by atoms with Gasteiger partial charge < -0.3 is 9.84 Å². The highest BCUT2D eigenvalue weighted by Gasteiger charge is 2.25. The molecule has 6 nitrogen and oxygen atoms in total. The van der Waals surface area contributed by atoms with Crippen LogP contribution >= 0.6 is 0 Å². The first-order valence-electron chi connectivity index (χ1n) is 7.87. The molecule has 0 spiro atoms. The fourth-order valence-electron chi connectivity index (χ4n) is 3.04. The summed E-state index contributed by atoms with van der Waals surface area (Å²) in [6.07, 6.45) is 2.42. The molecule has 1 aromatic carbocycles. The van der Waals surface area contributed by atoms with Gasteiger partial charge in [-0.2, -0.15) is 4.98 Å². The molecule has 0 saturated carbocycles. The molecular formula is C17H19N5O. The lowest BCUT2D eigenvalue weighted by molar-refractivity contribution is 0.190. The first-order valence-corrected chi connectivity index (χ1v) is 7.87. The molecular weight excluding hydrogens is 290 g/mol. The molecule has 0 radical (unpaired) electrons. The fourth-order valence-corrected chi connectivity index (χ4v) is 3.04. The number of piperazine rings is 1. The summed E-state index contributed by atoms with van der Waals surface area (Å²) in [7, 11) is 2.09. The summed E-state index contributed by atoms with van der Waals surface area (Å²) in [5.74, 6) is 1.39. The predicted molar refractivity (Wildman–Crippen MR) is 87.1 cm³/mol. The molecule has 3 aromatic rings. The monoisotopic (exact) mass is 309 g/mol. The Hall–Kier alpha value is -2.31. The molecule has 1 saturated heterocycles. The summed E-state index contributed by atoms with van der Waals surface area (Å²) in [6.45, 7) is 2.84. The number of benzene rings is 1. The van der Waals surface area contributed by atoms with Gasteiger partial charge in [0, 0.05) is 31.2 Å². The quantitative estimate of drug-likeness (QED) is 0.795. The second-order valence-electron chi connectivity index (χ2n) is 5.92. The Labute approximate surface area is 134 Å². The Balaban J connectivity index is 1.59. The number of hydrogen-bond donors (Lipinski definition) is 1. The third kappa shape index (κ3) is 2.83. The van der Waals surface area contributed by atoms with E-state index in [4.69, 9.17) is 4.52 Å². The second kappa shape index (κ2) is 6.06. The van der Waals surface area contributed by atoms with Crippen molar-refractivity contribution in [3.63, 3.8) is 0 Å². The zero-order valence-corrected chi connectivity index (χ0v) is 13.1. The Morgan fingerprint density at radius 3 is 3.13 bits per heavy atom. The van der Waals surface area contributed by atoms with E-state index in [1.54, 1.807) is 0 Å². The van der Waals surface area contributed by atoms with Gasteiger partial charge in [0.2, 0.25) is 5.89 Å². The minimum absolute atomic E-state index is 0.173. The Kier molecular flexibility index (Phi) is 3.77. The predicted octanol–water partition coefficient (Wildman–Crippen LogP) is 1.78. The van der Waals surface area contributed by atoms with E-state index in [-0.39, 0.29) is 6.04 Å². The van der Waals surface area contributed by atoms with Crippen LogP contribution in [0.4, 0.5) is 0 Å². The number of para-hydroxylation sites is 1. The SMILES string of the molecule is CN1CCNCC1c1noc(Cc2cccc3cccnc23)n1. The second-order valence-corrected chi connectivity index (χ2v) is 5.92. The lowest BCUT2D eigenvalue weighted by Crippen LogP contribution is -2.44. The summed E-state index contributed by atoms with van der Waals surface area (Å²) in [5.41, 5.74) is 2.10. The van der Waals surface area contributed by atoms with Crippen LogP contribution in [-0.2, 0) is 6.42 Å². The third-order valence-corrected chi connectivity index (χ3v) is 4.35. The van der Waals surface area contributed by atoms with Crippen LogP contribution in [0.2, 0.25) is 0 Å². The average Bonchev–Trinajstić information content (AvgIpc) is 3.04. The van der Waals surface area contributed by atoms with E-state index in [0.29, 0.717) is 12.3 Å². The smallest absolute Gasteiger partial charge is 0.231 e. The number of fused-ring (bicyclic) bond motifs is 1. The van der Waals surface area contributed by atoms with Crippen LogP contribution in [-0.4, -0.2) is 46.7 Å². The molecule has 23 heavy (non-hydrogen) atoms. The van der Waals surface area contributed by atoms with Crippen LogP contribution in [0.1, 0.15) is 23.3 Å². The summed E-state index contributed by atoms with van der Waals surface area (Å²) in [5, 5.41) is 8.68. The molecule has 4 rings (SSSR count). The van der Waals surface area contributed by atoms with Crippen LogP contribution in [0.25, 0.3) is 10.9 Å². The Bertz CT molecular complexity index is 810. The maximum Gasteiger partial charge on any atom is 0.231 e. The van der Waals surface area contributed by atoms with E-state index in [2.05, 4.69) is 50.6 Å². The number of nitrogens with zero attached hydrogens (tertiary/aromatic N) is 4. The summed E-state index contributed by atoms with van der Waals surface area (Å²) in [6, 6.07) is 10.3. The van der Waals surface area contributed by atoms with Crippen LogP contribution in [0, 0.1) is 0 Å². The number of aromatic nitrogens is 3. The van der Waals surface area contributed by atoms with Crippen LogP contribution in [0.3, 0.4) is 0 Å². The number of nitrogens with one attached hydrogen (secondary N) is 1. The maximum atomic E-state index is 5.48. The van der Waals surface area contributed by atoms with E-state index >= 15 is 0 Å². The van der Waals surface area contributed by atoms with Crippen LogP contribution in [0.15, 0.2) is 41.1 Å². The standard InChI is InChI=1S/C17H19N5O/c1-22-9-8-18-11-14(22)17-20-15(23-21-17)10-13-5-2-4-12-6-3-7-19-16(12)13/h2-7,14,18H,8-11H2,1H3. The van der Waals surface area contributed by atoms with E-state index < -0.39 is 0 Å². The van der Waals surface area contributed by atoms with Gasteiger partial charge in [-0.15, -0.1) is 0 Å². The minimum atomic E-state index is 0.173. The molecule has 118 valence electrons. The molecule has 1 fully saturated rings. The molecule has 3 heterocycles. The number of pyridine rings is 1. The molecule has 1 aliphatic rings. The van der Waals surface area contributed by atoms with Gasteiger partial charge in [-0.3, -0.25) is 9.88 Å². The average molecular weight is 309 g/mol. The molecule has 1 aliphatic heterocycles. The van der Waals surface area contributed by atoms with E-state index in [1.165, 1.54) is 0 Å². The molecule has 1 atom stereocenters. The largest absolute Gasteiger partial charge is 0.339 e. The normalized spacial score (nSPS) is 19.3. The van der Waals surface area contributed by atoms with Crippen molar-refractivity contribution < 1.29 is 4.52 Å². The summed E-state index contributed by atoms with van der Waals surface area (Å²) in [4.78, 5) is 11.3. The molecule has 6 heteroatoms. The zero-order chi connectivity index (χ0) is 15.6. The van der Waals surface area contributed by atoms with Crippen LogP contribution in [0.5, 0.6) is 0 Å². The lowest BCUT2D eigenvalue weighted by atomic mass is 10.1. The van der Waals surface area contributed by atoms with Gasteiger partial charge in [0.1, 0.15) is 0 Å². The molecule has 0 bridgehead atoms. The van der Waals surface area contributed by atoms with E-state index in [9.17, 15) is 0 Å². The fraction of sp³-hybridized carbons (Fsp3) is 0.353. The summed E-state index contributed by atoms with van der Waals surface area (Å²) < 4.78 is 5.48. The highest BCUT2D eigenvalue weighted by atomic mass is 16.5. The molecule has 0 amide bonds. The van der Waals surface area contributed by atoms with Gasteiger partial charge >= 0.3 is 0 Å². The Morgan fingerprint density at radius 1 is 1.30 bits per heavy atom. The highest BCUT2D eigenvalue weighted by molar-refractivity contribution is 5.81. The molecule has 0 aliphatic carbocycles. The van der Waals surface area contributed by atoms with Crippen LogP contribution < -0.4 is 5.32 Å². The molecule has 1 N–H and O–H groups in total. The van der Waals surface area contributed by atoms with Crippen molar-refractivity contribution in [2.75, 3.05) is 26.7 Å². The van der Waals surface area contributed by atoms with Gasteiger partial charge in [0.05, 0.1) is 18.0 Å². The van der Waals surface area contributed by atoms with Gasteiger partial charge in [-0.1, -0.05) is 29.4 Å². The topological polar surface area (TPSA) is 67.1 Å². The maximum absolute atomic E-state index is 5.48. The first-order chi connectivity index (χ1) is 11.3. The van der Waals surface area contributed by atoms with Crippen molar-refractivity contribution in [1.29, 1.82) is 0 Å². The van der Waals surface area contributed by atoms with Gasteiger partial charge in [0.25, 0.3) is 0 Å². The zero-order valence-electron chi connectivity index (χ0n) is 13.1. The van der Waals surface area contributed by atoms with Crippen molar-refractivity contribution >= 4 is 10.9 Å². The van der Waals surface area contributed by atoms with Crippen molar-refractivity contribution in [3.8, 4) is 0 Å². The minimum Gasteiger partial charge on any atom is -0.339 e. The van der Waals surface area contributed by atoms with Gasteiger partial charge in [-0.25, -0.2) is 0 Å². The lowest BCUT2D eigenvalue weighted by Gasteiger charge is -2.30. The Morgan fingerprint density at radius 2 is 2.22 bits per heavy atom. The van der Waals surface area contributed by atoms with Crippen molar-refractivity contribution in [2.45, 2.75) is 12.5 Å². The van der Waals surface area contributed by atoms with Crippen molar-refractivity contribution in [2.24, 2.45) is 0 Å². The van der Waals surface area contributed by atoms with E-state index in [0.717, 1.165) is 41.9 Å². The van der Waals surface area contributed by atoms with Crippen molar-refractivity contribution in [1.82, 2.24) is 25.3 Å².